The molecule has 2 rings (SSSR count). The summed E-state index contributed by atoms with van der Waals surface area (Å²) >= 11 is 0. The van der Waals surface area contributed by atoms with E-state index in [4.69, 9.17) is 9.84 Å². The van der Waals surface area contributed by atoms with Crippen molar-refractivity contribution in [3.05, 3.63) is 46.1 Å². The molecule has 0 bridgehead atoms. The van der Waals surface area contributed by atoms with E-state index in [1.165, 1.54) is 26.0 Å². The highest BCUT2D eigenvalue weighted by atomic mass is 16.6. The summed E-state index contributed by atoms with van der Waals surface area (Å²) in [5, 5.41) is 36.8. The molecule has 0 aliphatic carbocycles. The van der Waals surface area contributed by atoms with Gasteiger partial charge in [0.1, 0.15) is 12.3 Å². The summed E-state index contributed by atoms with van der Waals surface area (Å²) < 4.78 is 5.91. The number of hydrogen-bond acceptors (Lipinski definition) is 6. The molecule has 0 fully saturated rings. The van der Waals surface area contributed by atoms with Crippen LogP contribution in [0.25, 0.3) is 11.0 Å². The molecule has 1 aromatic heterocycles. The fourth-order valence-corrected chi connectivity index (χ4v) is 1.91. The third-order valence-corrected chi connectivity index (χ3v) is 3.12. The highest BCUT2D eigenvalue weighted by Crippen LogP contribution is 2.07. The second-order valence-electron chi connectivity index (χ2n) is 4.82. The highest BCUT2D eigenvalue weighted by Gasteiger charge is 2.23. The number of hydrazone groups is 1. The van der Waals surface area contributed by atoms with Crippen LogP contribution in [0, 0.1) is 17.3 Å². The Balaban J connectivity index is 2.27. The molecular weight excluding hydrogens is 304 g/mol. The van der Waals surface area contributed by atoms with Gasteiger partial charge in [0, 0.05) is 19.1 Å². The second kappa shape index (κ2) is 6.88. The maximum absolute atomic E-state index is 12.3. The monoisotopic (exact) mass is 320 g/mol. The number of aliphatic hydroxyl groups excluding tert-OH is 1. The molecule has 0 saturated heterocycles. The molecule has 1 unspecified atom stereocenters. The first-order chi connectivity index (χ1) is 11.0. The van der Waals surface area contributed by atoms with Gasteiger partial charge in [0.25, 0.3) is 16.7 Å². The molecule has 0 spiro atoms. The molecule has 1 atom stereocenters. The van der Waals surface area contributed by atoms with Crippen molar-refractivity contribution < 1.29 is 24.1 Å². The zero-order valence-corrected chi connectivity index (χ0v) is 12.6. The highest BCUT2D eigenvalue weighted by molar-refractivity contribution is 5.79. The number of carbonyl (C=O) groups excluding carboxylic acids is 1. The number of fused-ring (bicyclic) bond motifs is 1. The topological polar surface area (TPSA) is 125 Å². The van der Waals surface area contributed by atoms with Gasteiger partial charge in [-0.25, -0.2) is 10.2 Å². The van der Waals surface area contributed by atoms with E-state index >= 15 is 0 Å². The van der Waals surface area contributed by atoms with Crippen LogP contribution in [0.2, 0.25) is 0 Å². The summed E-state index contributed by atoms with van der Waals surface area (Å²) in [6, 6.07) is 6.34. The second-order valence-corrected chi connectivity index (χ2v) is 4.82. The van der Waals surface area contributed by atoms with E-state index in [9.17, 15) is 15.2 Å². The van der Waals surface area contributed by atoms with Gasteiger partial charge in [-0.1, -0.05) is 12.1 Å². The predicted octanol–water partition coefficient (Wildman–Crippen LogP) is -0.144. The van der Waals surface area contributed by atoms with Gasteiger partial charge in [0.15, 0.2) is 0 Å². The van der Waals surface area contributed by atoms with Crippen LogP contribution in [0.1, 0.15) is 18.3 Å². The van der Waals surface area contributed by atoms with Crippen LogP contribution in [0.4, 0.5) is 4.79 Å². The van der Waals surface area contributed by atoms with Crippen LogP contribution >= 0.6 is 0 Å². The number of ether oxygens (including phenoxy) is 1. The summed E-state index contributed by atoms with van der Waals surface area (Å²) in [6.07, 6.45) is -0.497. The van der Waals surface area contributed by atoms with Crippen molar-refractivity contribution in [1.29, 1.82) is 0 Å². The first kappa shape index (κ1) is 16.4. The minimum absolute atomic E-state index is 0.00536. The van der Waals surface area contributed by atoms with Gasteiger partial charge < -0.3 is 20.3 Å². The fraction of sp³-hybridized carbons (Fsp3) is 0.286. The molecule has 0 saturated carbocycles. The van der Waals surface area contributed by atoms with E-state index < -0.39 is 12.2 Å². The van der Waals surface area contributed by atoms with Crippen molar-refractivity contribution in [3.8, 4) is 0 Å². The van der Waals surface area contributed by atoms with Crippen molar-refractivity contribution in [2.75, 3.05) is 6.61 Å². The smallest absolute Gasteiger partial charge is 0.428 e. The van der Waals surface area contributed by atoms with E-state index in [0.717, 1.165) is 6.21 Å². The van der Waals surface area contributed by atoms with Crippen molar-refractivity contribution >= 4 is 23.3 Å². The van der Waals surface area contributed by atoms with Gasteiger partial charge in [0.05, 0.1) is 6.61 Å². The van der Waals surface area contributed by atoms with Gasteiger partial charge in [-0.15, -0.1) is 0 Å². The molecule has 2 aromatic rings. The molecule has 0 aliphatic heterocycles. The fourth-order valence-electron chi connectivity index (χ4n) is 1.91. The number of nitrogens with one attached hydrogen (secondary N) is 1. The number of rotatable bonds is 4. The summed E-state index contributed by atoms with van der Waals surface area (Å²) in [5.41, 5.74) is 2.61. The first-order valence-electron chi connectivity index (χ1n) is 6.80. The number of nitrogens with zero attached hydrogens (tertiary/aromatic N) is 3. The molecule has 0 radical (unpaired) electrons. The van der Waals surface area contributed by atoms with Crippen LogP contribution in [0.5, 0.6) is 0 Å². The van der Waals surface area contributed by atoms with Crippen molar-refractivity contribution in [2.45, 2.75) is 20.0 Å². The Labute approximate surface area is 131 Å². The summed E-state index contributed by atoms with van der Waals surface area (Å²) in [5.74, 6) is 0. The minimum atomic E-state index is -0.881. The van der Waals surface area contributed by atoms with Crippen LogP contribution in [-0.4, -0.2) is 30.1 Å². The third-order valence-electron chi connectivity index (χ3n) is 3.12. The van der Waals surface area contributed by atoms with Gasteiger partial charge in [-0.2, -0.15) is 14.6 Å². The molecule has 1 amide bonds. The van der Waals surface area contributed by atoms with Crippen LogP contribution in [0.3, 0.4) is 0 Å². The van der Waals surface area contributed by atoms with Crippen molar-refractivity contribution in [3.63, 3.8) is 0 Å². The Morgan fingerprint density at radius 1 is 1.39 bits per heavy atom. The molecule has 9 heteroatoms. The zero-order valence-electron chi connectivity index (χ0n) is 12.6. The standard InChI is InChI=1S/C14H16N4O5/c1-9(8-19)23-14(20)16-15-7-13-10(2)17(21)11-5-3-4-6-12(11)18(13)22/h3-7,9,19H,8H2,1-2H3,(H,16,20)/b15-7+. The Kier molecular flexibility index (Phi) is 4.91. The number of aromatic nitrogens is 2. The van der Waals surface area contributed by atoms with E-state index in [1.54, 1.807) is 12.1 Å². The molecular formula is C14H16N4O5. The first-order valence-corrected chi connectivity index (χ1v) is 6.80. The summed E-state index contributed by atoms with van der Waals surface area (Å²) in [7, 11) is 0. The lowest BCUT2D eigenvalue weighted by Gasteiger charge is -2.09. The average Bonchev–Trinajstić information content (AvgIpc) is 2.55. The molecule has 2 N–H and O–H groups in total. The number of amides is 1. The number of benzene rings is 1. The Morgan fingerprint density at radius 2 is 2.00 bits per heavy atom. The summed E-state index contributed by atoms with van der Waals surface area (Å²) in [4.78, 5) is 11.3. The molecule has 0 aliphatic rings. The lowest BCUT2D eigenvalue weighted by Crippen LogP contribution is -2.44. The SMILES string of the molecule is Cc1c(/C=N/NC(=O)OC(C)CO)[n+]([O-])c2ccccc2[n+]1[O-]. The normalized spacial score (nSPS) is 12.5. The lowest BCUT2D eigenvalue weighted by atomic mass is 10.2. The van der Waals surface area contributed by atoms with Gasteiger partial charge in [-0.05, 0) is 6.92 Å². The van der Waals surface area contributed by atoms with E-state index in [-0.39, 0.29) is 29.0 Å². The lowest BCUT2D eigenvalue weighted by molar-refractivity contribution is -0.634. The molecule has 9 nitrogen and oxygen atoms in total. The van der Waals surface area contributed by atoms with Crippen LogP contribution in [-0.2, 0) is 4.74 Å². The Hall–Kier alpha value is -2.94. The van der Waals surface area contributed by atoms with Crippen LogP contribution in [0.15, 0.2) is 29.4 Å². The molecule has 122 valence electrons. The maximum atomic E-state index is 12.3. The maximum Gasteiger partial charge on any atom is 0.428 e. The van der Waals surface area contributed by atoms with Gasteiger partial charge in [0.2, 0.25) is 0 Å². The third kappa shape index (κ3) is 3.46. The minimum Gasteiger partial charge on any atom is -0.618 e. The quantitative estimate of drug-likeness (QED) is 0.351. The Bertz CT molecular complexity index is 762. The molecule has 1 heterocycles. The zero-order chi connectivity index (χ0) is 17.0. The number of aliphatic hydroxyl groups is 1. The van der Waals surface area contributed by atoms with Gasteiger partial charge >= 0.3 is 11.8 Å². The number of para-hydroxylation sites is 2. The van der Waals surface area contributed by atoms with Gasteiger partial charge in [-0.3, -0.25) is 0 Å². The Morgan fingerprint density at radius 3 is 2.61 bits per heavy atom. The van der Waals surface area contributed by atoms with E-state index in [2.05, 4.69) is 10.5 Å². The van der Waals surface area contributed by atoms with Crippen LogP contribution < -0.4 is 14.9 Å². The summed E-state index contributed by atoms with van der Waals surface area (Å²) in [6.45, 7) is 2.65. The van der Waals surface area contributed by atoms with Crippen molar-refractivity contribution in [2.24, 2.45) is 5.10 Å². The van der Waals surface area contributed by atoms with E-state index in [1.807, 2.05) is 0 Å². The largest absolute Gasteiger partial charge is 0.618 e. The van der Waals surface area contributed by atoms with Crippen molar-refractivity contribution in [1.82, 2.24) is 5.43 Å². The predicted molar refractivity (Wildman–Crippen MR) is 80.4 cm³/mol. The molecule has 1 aromatic carbocycles. The number of carbonyl (C=O) groups is 1. The average molecular weight is 320 g/mol. The number of hydrogen-bond donors (Lipinski definition) is 2. The molecule has 23 heavy (non-hydrogen) atoms. The van der Waals surface area contributed by atoms with E-state index in [0.29, 0.717) is 9.46 Å².